The van der Waals surface area contributed by atoms with Crippen LogP contribution in [0.15, 0.2) is 0 Å². The molecule has 0 amide bonds. The predicted octanol–water partition coefficient (Wildman–Crippen LogP) is 1.94. The Morgan fingerprint density at radius 2 is 1.72 bits per heavy atom. The van der Waals surface area contributed by atoms with Crippen molar-refractivity contribution in [2.24, 2.45) is 17.8 Å². The highest BCUT2D eigenvalue weighted by Crippen LogP contribution is 2.55. The van der Waals surface area contributed by atoms with Crippen molar-refractivity contribution in [3.05, 3.63) is 0 Å². The Morgan fingerprint density at radius 3 is 2.22 bits per heavy atom. The van der Waals surface area contributed by atoms with Crippen LogP contribution < -0.4 is 5.32 Å². The molecule has 18 heavy (non-hydrogen) atoms. The third-order valence-electron chi connectivity index (χ3n) is 5.27. The van der Waals surface area contributed by atoms with Gasteiger partial charge in [-0.15, -0.1) is 0 Å². The molecular formula is C15H27NO2. The normalized spacial score (nSPS) is 43.3. The molecule has 4 bridgehead atoms. The van der Waals surface area contributed by atoms with Crippen LogP contribution >= 0.6 is 0 Å². The molecule has 0 saturated heterocycles. The molecule has 4 rings (SSSR count). The zero-order chi connectivity index (χ0) is 12.6. The number of nitrogens with one attached hydrogen (secondary N) is 1. The number of β-amino-alcohol motifs (C(OH)–C–C–N with tert-alkyl or cyclic N) is 1. The van der Waals surface area contributed by atoms with E-state index in [0.717, 1.165) is 17.8 Å². The maximum absolute atomic E-state index is 9.89. The maximum Gasteiger partial charge on any atom is 0.0897 e. The van der Waals surface area contributed by atoms with Crippen LogP contribution in [0.3, 0.4) is 0 Å². The first-order valence-corrected chi connectivity index (χ1v) is 7.70. The van der Waals surface area contributed by atoms with Gasteiger partial charge in [0.25, 0.3) is 0 Å². The van der Waals surface area contributed by atoms with E-state index in [0.29, 0.717) is 25.3 Å². The Hall–Kier alpha value is -0.120. The fourth-order valence-corrected chi connectivity index (χ4v) is 4.97. The minimum atomic E-state index is -0.349. The van der Waals surface area contributed by atoms with Gasteiger partial charge in [0.2, 0.25) is 0 Å². The van der Waals surface area contributed by atoms with E-state index in [9.17, 15) is 5.11 Å². The first kappa shape index (κ1) is 12.9. The fraction of sp³-hybridized carbons (Fsp3) is 1.00. The van der Waals surface area contributed by atoms with E-state index < -0.39 is 0 Å². The van der Waals surface area contributed by atoms with Gasteiger partial charge in [-0.2, -0.15) is 0 Å². The van der Waals surface area contributed by atoms with Gasteiger partial charge in [0.15, 0.2) is 0 Å². The molecule has 0 aromatic heterocycles. The van der Waals surface area contributed by atoms with Gasteiger partial charge in [-0.25, -0.2) is 0 Å². The van der Waals surface area contributed by atoms with Gasteiger partial charge in [-0.05, 0) is 63.2 Å². The van der Waals surface area contributed by atoms with Gasteiger partial charge in [0.1, 0.15) is 0 Å². The summed E-state index contributed by atoms with van der Waals surface area (Å²) in [7, 11) is 0. The topological polar surface area (TPSA) is 41.5 Å². The zero-order valence-corrected chi connectivity index (χ0v) is 11.5. The lowest BCUT2D eigenvalue weighted by Crippen LogP contribution is -2.59. The second-order valence-electron chi connectivity index (χ2n) is 6.89. The van der Waals surface area contributed by atoms with Gasteiger partial charge >= 0.3 is 0 Å². The van der Waals surface area contributed by atoms with Crippen molar-refractivity contribution < 1.29 is 9.84 Å². The molecule has 1 unspecified atom stereocenters. The highest BCUT2D eigenvalue weighted by atomic mass is 16.5. The Labute approximate surface area is 110 Å². The van der Waals surface area contributed by atoms with Crippen LogP contribution in [0.1, 0.15) is 45.4 Å². The average molecular weight is 253 g/mol. The molecule has 4 saturated carbocycles. The van der Waals surface area contributed by atoms with Crippen molar-refractivity contribution in [1.29, 1.82) is 0 Å². The molecule has 1 atom stereocenters. The van der Waals surface area contributed by atoms with Gasteiger partial charge in [0, 0.05) is 18.7 Å². The summed E-state index contributed by atoms with van der Waals surface area (Å²) in [6, 6.07) is 0. The molecule has 4 fully saturated rings. The average Bonchev–Trinajstić information content (AvgIpc) is 2.32. The van der Waals surface area contributed by atoms with Crippen molar-refractivity contribution >= 4 is 0 Å². The van der Waals surface area contributed by atoms with E-state index in [1.165, 1.54) is 38.5 Å². The summed E-state index contributed by atoms with van der Waals surface area (Å²) >= 11 is 0. The minimum absolute atomic E-state index is 0.349. The summed E-state index contributed by atoms with van der Waals surface area (Å²) in [5, 5.41) is 13.6. The zero-order valence-electron chi connectivity index (χ0n) is 11.5. The number of ether oxygens (including phenoxy) is 1. The van der Waals surface area contributed by atoms with Crippen molar-refractivity contribution in [1.82, 2.24) is 5.32 Å². The smallest absolute Gasteiger partial charge is 0.0897 e. The van der Waals surface area contributed by atoms with Gasteiger partial charge < -0.3 is 15.2 Å². The molecule has 3 nitrogen and oxygen atoms in total. The molecule has 0 aromatic rings. The monoisotopic (exact) mass is 253 g/mol. The number of rotatable bonds is 6. The lowest BCUT2D eigenvalue weighted by Gasteiger charge is -2.57. The SMILES string of the molecule is CCOCC(O)CNC12CC3CC(CC(C3)C1)C2. The molecule has 0 aromatic carbocycles. The maximum atomic E-state index is 9.89. The number of aliphatic hydroxyl groups is 1. The third-order valence-corrected chi connectivity index (χ3v) is 5.27. The Bertz CT molecular complexity index is 257. The van der Waals surface area contributed by atoms with Crippen LogP contribution in [0, 0.1) is 17.8 Å². The van der Waals surface area contributed by atoms with Crippen LogP contribution in [0.2, 0.25) is 0 Å². The molecule has 0 heterocycles. The molecule has 3 heteroatoms. The van der Waals surface area contributed by atoms with E-state index in [1.807, 2.05) is 6.92 Å². The lowest BCUT2D eigenvalue weighted by atomic mass is 9.53. The van der Waals surface area contributed by atoms with Crippen molar-refractivity contribution in [2.45, 2.75) is 57.1 Å². The van der Waals surface area contributed by atoms with Crippen molar-refractivity contribution in [3.63, 3.8) is 0 Å². The summed E-state index contributed by atoms with van der Waals surface area (Å²) < 4.78 is 5.28. The Balaban J connectivity index is 1.52. The molecule has 4 aliphatic rings. The molecule has 4 aliphatic carbocycles. The Kier molecular flexibility index (Phi) is 3.65. The standard InChI is InChI=1S/C15H27NO2/c1-2-18-10-14(17)9-16-15-6-11-3-12(7-15)5-13(4-11)8-15/h11-14,16-17H,2-10H2,1H3. The molecular weight excluding hydrogens is 226 g/mol. The van der Waals surface area contributed by atoms with Crippen LogP contribution in [0.5, 0.6) is 0 Å². The van der Waals surface area contributed by atoms with E-state index in [1.54, 1.807) is 0 Å². The van der Waals surface area contributed by atoms with Gasteiger partial charge in [0.05, 0.1) is 12.7 Å². The third kappa shape index (κ3) is 2.59. The second-order valence-corrected chi connectivity index (χ2v) is 6.89. The second kappa shape index (κ2) is 5.10. The fourth-order valence-electron chi connectivity index (χ4n) is 4.97. The number of hydrogen-bond acceptors (Lipinski definition) is 3. The van der Waals surface area contributed by atoms with Crippen LogP contribution in [0.25, 0.3) is 0 Å². The van der Waals surface area contributed by atoms with Gasteiger partial charge in [-0.3, -0.25) is 0 Å². The number of aliphatic hydroxyl groups excluding tert-OH is 1. The summed E-state index contributed by atoms with van der Waals surface area (Å²) in [6.07, 6.45) is 8.12. The van der Waals surface area contributed by atoms with E-state index in [-0.39, 0.29) is 6.10 Å². The van der Waals surface area contributed by atoms with Crippen molar-refractivity contribution in [3.8, 4) is 0 Å². The number of hydrogen-bond donors (Lipinski definition) is 2. The molecule has 0 aliphatic heterocycles. The summed E-state index contributed by atoms with van der Waals surface area (Å²) in [5.41, 5.74) is 0.363. The molecule has 104 valence electrons. The quantitative estimate of drug-likeness (QED) is 0.760. The first-order valence-electron chi connectivity index (χ1n) is 7.70. The van der Waals surface area contributed by atoms with E-state index >= 15 is 0 Å². The predicted molar refractivity (Wildman–Crippen MR) is 71.4 cm³/mol. The summed E-state index contributed by atoms with van der Waals surface area (Å²) in [6.45, 7) is 3.83. The summed E-state index contributed by atoms with van der Waals surface area (Å²) in [5.74, 6) is 2.90. The Morgan fingerprint density at radius 1 is 1.17 bits per heavy atom. The highest BCUT2D eigenvalue weighted by Gasteiger charge is 2.50. The minimum Gasteiger partial charge on any atom is -0.389 e. The van der Waals surface area contributed by atoms with Gasteiger partial charge in [-0.1, -0.05) is 0 Å². The van der Waals surface area contributed by atoms with Crippen LogP contribution in [-0.4, -0.2) is 36.5 Å². The lowest BCUT2D eigenvalue weighted by molar-refractivity contribution is -0.0303. The van der Waals surface area contributed by atoms with Crippen LogP contribution in [-0.2, 0) is 4.74 Å². The van der Waals surface area contributed by atoms with E-state index in [4.69, 9.17) is 4.74 Å². The highest BCUT2D eigenvalue weighted by molar-refractivity contribution is 5.06. The first-order chi connectivity index (χ1) is 8.69. The summed E-state index contributed by atoms with van der Waals surface area (Å²) in [4.78, 5) is 0. The van der Waals surface area contributed by atoms with Crippen LogP contribution in [0.4, 0.5) is 0 Å². The molecule has 2 N–H and O–H groups in total. The molecule has 0 spiro atoms. The van der Waals surface area contributed by atoms with Crippen molar-refractivity contribution in [2.75, 3.05) is 19.8 Å². The van der Waals surface area contributed by atoms with E-state index in [2.05, 4.69) is 5.32 Å². The largest absolute Gasteiger partial charge is 0.389 e. The molecule has 0 radical (unpaired) electrons.